The molecule has 0 saturated heterocycles. The topological polar surface area (TPSA) is 43.8 Å². The van der Waals surface area contributed by atoms with Crippen molar-refractivity contribution in [1.29, 1.82) is 0 Å². The Hall–Kier alpha value is -1.22. The standard InChI is InChI=1S/C16H22ClN3/c1-11-4-2-5-12(10-11)8-9-20-14-7-3-6-13(17)15(14)19-16(20)18/h3,6-7,11-12H,2,4-5,8-10H2,1H3,(H2,18,19). The van der Waals surface area contributed by atoms with Crippen LogP contribution in [0.4, 0.5) is 5.95 Å². The van der Waals surface area contributed by atoms with Crippen molar-refractivity contribution in [2.45, 2.75) is 45.6 Å². The number of nitrogen functional groups attached to an aromatic ring is 1. The minimum Gasteiger partial charge on any atom is -0.369 e. The number of hydrogen-bond acceptors (Lipinski definition) is 2. The fraction of sp³-hybridized carbons (Fsp3) is 0.562. The minimum absolute atomic E-state index is 0.581. The van der Waals surface area contributed by atoms with E-state index < -0.39 is 0 Å². The molecule has 2 aromatic rings. The molecular weight excluding hydrogens is 270 g/mol. The third-order valence-electron chi connectivity index (χ3n) is 4.57. The van der Waals surface area contributed by atoms with Crippen LogP contribution >= 0.6 is 11.6 Å². The lowest BCUT2D eigenvalue weighted by Crippen LogP contribution is -2.15. The van der Waals surface area contributed by atoms with Crippen molar-refractivity contribution in [3.63, 3.8) is 0 Å². The molecule has 0 bridgehead atoms. The third kappa shape index (κ3) is 2.64. The molecule has 4 heteroatoms. The summed E-state index contributed by atoms with van der Waals surface area (Å²) in [6, 6.07) is 5.88. The van der Waals surface area contributed by atoms with Crippen molar-refractivity contribution >= 4 is 28.6 Å². The van der Waals surface area contributed by atoms with Crippen LogP contribution in [0.2, 0.25) is 5.02 Å². The Morgan fingerprint density at radius 1 is 1.40 bits per heavy atom. The van der Waals surface area contributed by atoms with Gasteiger partial charge in [0, 0.05) is 6.54 Å². The van der Waals surface area contributed by atoms with Gasteiger partial charge in [-0.05, 0) is 36.8 Å². The monoisotopic (exact) mass is 291 g/mol. The number of anilines is 1. The molecule has 1 fully saturated rings. The second kappa shape index (κ2) is 5.65. The number of rotatable bonds is 3. The molecular formula is C16H22ClN3. The molecule has 1 aliphatic carbocycles. The van der Waals surface area contributed by atoms with Gasteiger partial charge in [-0.3, -0.25) is 0 Å². The van der Waals surface area contributed by atoms with Crippen LogP contribution in [-0.4, -0.2) is 9.55 Å². The normalized spacial score (nSPS) is 23.3. The number of benzene rings is 1. The first-order valence-electron chi connectivity index (χ1n) is 7.55. The fourth-order valence-corrected chi connectivity index (χ4v) is 3.71. The highest BCUT2D eigenvalue weighted by molar-refractivity contribution is 6.35. The molecule has 20 heavy (non-hydrogen) atoms. The van der Waals surface area contributed by atoms with Gasteiger partial charge in [-0.1, -0.05) is 43.9 Å². The first-order valence-corrected chi connectivity index (χ1v) is 7.93. The maximum Gasteiger partial charge on any atom is 0.201 e. The van der Waals surface area contributed by atoms with Crippen LogP contribution < -0.4 is 5.73 Å². The van der Waals surface area contributed by atoms with E-state index in [4.69, 9.17) is 17.3 Å². The van der Waals surface area contributed by atoms with Crippen molar-refractivity contribution < 1.29 is 0 Å². The first kappa shape index (κ1) is 13.7. The molecule has 1 heterocycles. The molecule has 2 N–H and O–H groups in total. The Labute approximate surface area is 125 Å². The van der Waals surface area contributed by atoms with E-state index in [9.17, 15) is 0 Å². The Balaban J connectivity index is 1.77. The molecule has 1 aromatic carbocycles. The van der Waals surface area contributed by atoms with Crippen LogP contribution in [0.1, 0.15) is 39.0 Å². The third-order valence-corrected chi connectivity index (χ3v) is 4.87. The molecule has 2 unspecified atom stereocenters. The van der Waals surface area contributed by atoms with Gasteiger partial charge in [0.2, 0.25) is 5.95 Å². The number of hydrogen-bond donors (Lipinski definition) is 1. The molecule has 1 aromatic heterocycles. The average molecular weight is 292 g/mol. The summed E-state index contributed by atoms with van der Waals surface area (Å²) in [5.74, 6) is 2.28. The number of fused-ring (bicyclic) bond motifs is 1. The molecule has 0 amide bonds. The van der Waals surface area contributed by atoms with Gasteiger partial charge in [0.05, 0.1) is 10.5 Å². The van der Waals surface area contributed by atoms with Crippen molar-refractivity contribution in [3.05, 3.63) is 23.2 Å². The zero-order valence-electron chi connectivity index (χ0n) is 12.0. The Morgan fingerprint density at radius 3 is 3.05 bits per heavy atom. The van der Waals surface area contributed by atoms with E-state index in [0.717, 1.165) is 29.4 Å². The zero-order chi connectivity index (χ0) is 14.1. The number of aryl methyl sites for hydroxylation is 1. The number of nitrogens with zero attached hydrogens (tertiary/aromatic N) is 2. The number of imidazole rings is 1. The van der Waals surface area contributed by atoms with Gasteiger partial charge in [0.15, 0.2) is 0 Å². The van der Waals surface area contributed by atoms with E-state index >= 15 is 0 Å². The van der Waals surface area contributed by atoms with Gasteiger partial charge in [-0.25, -0.2) is 4.98 Å². The Morgan fingerprint density at radius 2 is 2.25 bits per heavy atom. The smallest absolute Gasteiger partial charge is 0.201 e. The van der Waals surface area contributed by atoms with E-state index in [-0.39, 0.29) is 0 Å². The molecule has 1 aliphatic rings. The molecule has 3 rings (SSSR count). The molecule has 108 valence electrons. The van der Waals surface area contributed by atoms with E-state index in [1.54, 1.807) is 0 Å². The SMILES string of the molecule is CC1CCCC(CCn2c(N)nc3c(Cl)cccc32)C1. The first-order chi connectivity index (χ1) is 9.65. The molecule has 0 radical (unpaired) electrons. The maximum atomic E-state index is 6.18. The summed E-state index contributed by atoms with van der Waals surface area (Å²) in [5.41, 5.74) is 7.94. The van der Waals surface area contributed by atoms with Crippen LogP contribution in [-0.2, 0) is 6.54 Å². The van der Waals surface area contributed by atoms with Gasteiger partial charge in [-0.2, -0.15) is 0 Å². The van der Waals surface area contributed by atoms with Crippen LogP contribution in [0, 0.1) is 11.8 Å². The number of nitrogens with two attached hydrogens (primary N) is 1. The van der Waals surface area contributed by atoms with Crippen LogP contribution in [0.5, 0.6) is 0 Å². The molecule has 3 nitrogen and oxygen atoms in total. The van der Waals surface area contributed by atoms with Crippen molar-refractivity contribution in [1.82, 2.24) is 9.55 Å². The highest BCUT2D eigenvalue weighted by Crippen LogP contribution is 2.32. The molecule has 0 aliphatic heterocycles. The zero-order valence-corrected chi connectivity index (χ0v) is 12.7. The van der Waals surface area contributed by atoms with Gasteiger partial charge in [-0.15, -0.1) is 0 Å². The fourth-order valence-electron chi connectivity index (χ4n) is 3.50. The summed E-state index contributed by atoms with van der Waals surface area (Å²) < 4.78 is 2.11. The summed E-state index contributed by atoms with van der Waals surface area (Å²) in [4.78, 5) is 4.40. The highest BCUT2D eigenvalue weighted by atomic mass is 35.5. The van der Waals surface area contributed by atoms with E-state index in [2.05, 4.69) is 16.5 Å². The van der Waals surface area contributed by atoms with Gasteiger partial charge in [0.25, 0.3) is 0 Å². The lowest BCUT2D eigenvalue weighted by atomic mass is 9.81. The Bertz CT molecular complexity index is 605. The summed E-state index contributed by atoms with van der Waals surface area (Å²) >= 11 is 6.18. The highest BCUT2D eigenvalue weighted by Gasteiger charge is 2.19. The molecule has 0 spiro atoms. The minimum atomic E-state index is 0.581. The molecule has 1 saturated carbocycles. The summed E-state index contributed by atoms with van der Waals surface area (Å²) in [6.45, 7) is 3.31. The molecule has 2 atom stereocenters. The predicted molar refractivity (Wildman–Crippen MR) is 84.9 cm³/mol. The van der Waals surface area contributed by atoms with Crippen molar-refractivity contribution in [3.8, 4) is 0 Å². The second-order valence-electron chi connectivity index (χ2n) is 6.16. The number of para-hydroxylation sites is 1. The van der Waals surface area contributed by atoms with Gasteiger partial charge in [0.1, 0.15) is 5.52 Å². The largest absolute Gasteiger partial charge is 0.369 e. The lowest BCUT2D eigenvalue weighted by molar-refractivity contribution is 0.262. The predicted octanol–water partition coefficient (Wildman–Crippen LogP) is 4.49. The maximum absolute atomic E-state index is 6.18. The number of halogens is 1. The van der Waals surface area contributed by atoms with Gasteiger partial charge < -0.3 is 10.3 Å². The van der Waals surface area contributed by atoms with Crippen LogP contribution in [0.15, 0.2) is 18.2 Å². The summed E-state index contributed by atoms with van der Waals surface area (Å²) in [6.07, 6.45) is 6.66. The van der Waals surface area contributed by atoms with E-state index in [1.807, 2.05) is 18.2 Å². The second-order valence-corrected chi connectivity index (χ2v) is 6.56. The Kier molecular flexibility index (Phi) is 3.88. The van der Waals surface area contributed by atoms with Crippen LogP contribution in [0.25, 0.3) is 11.0 Å². The summed E-state index contributed by atoms with van der Waals surface area (Å²) in [5, 5.41) is 0.680. The quantitative estimate of drug-likeness (QED) is 0.905. The van der Waals surface area contributed by atoms with Crippen molar-refractivity contribution in [2.75, 3.05) is 5.73 Å². The van der Waals surface area contributed by atoms with E-state index in [1.165, 1.54) is 32.1 Å². The average Bonchev–Trinajstić information content (AvgIpc) is 2.74. The van der Waals surface area contributed by atoms with Crippen molar-refractivity contribution in [2.24, 2.45) is 11.8 Å². The van der Waals surface area contributed by atoms with Gasteiger partial charge >= 0.3 is 0 Å². The lowest BCUT2D eigenvalue weighted by Gasteiger charge is -2.26. The van der Waals surface area contributed by atoms with E-state index in [0.29, 0.717) is 11.0 Å². The van der Waals surface area contributed by atoms with Crippen LogP contribution in [0.3, 0.4) is 0 Å². The number of aromatic nitrogens is 2. The summed E-state index contributed by atoms with van der Waals surface area (Å²) in [7, 11) is 0.